The van der Waals surface area contributed by atoms with E-state index in [1.165, 1.54) is 0 Å². The standard InChI is InChI=1S/C28H21Cl3N4O3/c29-17-3-8-20(9-4-17)38-28(36)35-14-13-21-22-15-18(30)5-10-23(22)32-26(21)27(35)16-1-6-19(7-2-16)37-25-12-11-24(31)33-34-25/h1-3,5-8,10-12,15,27,32H,4,9,13-14H2/t27-/m0/s1. The number of fused-ring (bicyclic) bond motifs is 3. The number of rotatable bonds is 4. The first kappa shape index (κ1) is 24.8. The predicted octanol–water partition coefficient (Wildman–Crippen LogP) is 7.94. The van der Waals surface area contributed by atoms with Crippen LogP contribution in [-0.2, 0) is 11.2 Å². The number of allylic oxidation sites excluding steroid dienone is 4. The molecule has 0 saturated carbocycles. The highest BCUT2D eigenvalue weighted by molar-refractivity contribution is 6.31. The SMILES string of the molecule is O=C(OC1=CC=C(Cl)CC1)N1CCc2c([nH]c3ccc(Cl)cc23)[C@@H]1c1ccc(Oc2ccc(Cl)nn2)cc1. The van der Waals surface area contributed by atoms with Crippen molar-refractivity contribution < 1.29 is 14.3 Å². The van der Waals surface area contributed by atoms with Gasteiger partial charge >= 0.3 is 6.09 Å². The molecule has 0 saturated heterocycles. The molecule has 0 radical (unpaired) electrons. The average Bonchev–Trinajstić information content (AvgIpc) is 3.29. The maximum absolute atomic E-state index is 13.5. The van der Waals surface area contributed by atoms with E-state index in [9.17, 15) is 4.79 Å². The second-order valence-electron chi connectivity index (χ2n) is 9.03. The lowest BCUT2D eigenvalue weighted by Gasteiger charge is -2.35. The highest BCUT2D eigenvalue weighted by atomic mass is 35.5. The van der Waals surface area contributed by atoms with Crippen molar-refractivity contribution in [3.63, 3.8) is 0 Å². The molecule has 2 aromatic carbocycles. The normalized spacial score (nSPS) is 17.0. The second-order valence-corrected chi connectivity index (χ2v) is 10.3. The summed E-state index contributed by atoms with van der Waals surface area (Å²) in [5, 5.41) is 10.5. The van der Waals surface area contributed by atoms with Gasteiger partial charge in [-0.1, -0.05) is 46.9 Å². The van der Waals surface area contributed by atoms with Crippen molar-refractivity contribution in [1.29, 1.82) is 0 Å². The van der Waals surface area contributed by atoms with Gasteiger partial charge in [-0.15, -0.1) is 10.2 Å². The van der Waals surface area contributed by atoms with E-state index in [0.29, 0.717) is 48.2 Å². The Morgan fingerprint density at radius 1 is 0.947 bits per heavy atom. The van der Waals surface area contributed by atoms with Crippen LogP contribution in [0.3, 0.4) is 0 Å². The van der Waals surface area contributed by atoms with Crippen molar-refractivity contribution in [1.82, 2.24) is 20.1 Å². The van der Waals surface area contributed by atoms with Gasteiger partial charge in [0.05, 0.1) is 0 Å². The lowest BCUT2D eigenvalue weighted by atomic mass is 9.92. The Kier molecular flexibility index (Phi) is 6.74. The zero-order valence-electron chi connectivity index (χ0n) is 20.0. The van der Waals surface area contributed by atoms with Crippen LogP contribution < -0.4 is 4.74 Å². The van der Waals surface area contributed by atoms with Crippen LogP contribution in [0, 0.1) is 0 Å². The summed E-state index contributed by atoms with van der Waals surface area (Å²) in [6, 6.07) is 16.2. The maximum atomic E-state index is 13.5. The summed E-state index contributed by atoms with van der Waals surface area (Å²) in [6.07, 6.45) is 5.01. The van der Waals surface area contributed by atoms with E-state index in [1.807, 2.05) is 42.5 Å². The molecule has 1 aliphatic carbocycles. The van der Waals surface area contributed by atoms with Gasteiger partial charge in [0.25, 0.3) is 0 Å². The van der Waals surface area contributed by atoms with Crippen molar-refractivity contribution in [2.45, 2.75) is 25.3 Å². The number of ether oxygens (including phenoxy) is 2. The largest absolute Gasteiger partial charge is 0.438 e. The van der Waals surface area contributed by atoms with Crippen LogP contribution in [0.25, 0.3) is 10.9 Å². The van der Waals surface area contributed by atoms with Gasteiger partial charge in [-0.05, 0) is 72.5 Å². The summed E-state index contributed by atoms with van der Waals surface area (Å²) in [7, 11) is 0. The van der Waals surface area contributed by atoms with Crippen LogP contribution in [0.15, 0.2) is 77.5 Å². The highest BCUT2D eigenvalue weighted by Gasteiger charge is 2.36. The fraction of sp³-hybridized carbons (Fsp3) is 0.179. The van der Waals surface area contributed by atoms with E-state index in [1.54, 1.807) is 29.2 Å². The maximum Gasteiger partial charge on any atom is 0.415 e. The molecule has 0 fully saturated rings. The van der Waals surface area contributed by atoms with E-state index in [2.05, 4.69) is 15.2 Å². The fourth-order valence-electron chi connectivity index (χ4n) is 4.85. The van der Waals surface area contributed by atoms with Crippen LogP contribution >= 0.6 is 34.8 Å². The lowest BCUT2D eigenvalue weighted by molar-refractivity contribution is 0.110. The summed E-state index contributed by atoms with van der Waals surface area (Å²) >= 11 is 18.2. The Labute approximate surface area is 233 Å². The molecule has 2 aromatic heterocycles. The average molecular weight is 568 g/mol. The van der Waals surface area contributed by atoms with Gasteiger partial charge < -0.3 is 14.5 Å². The third-order valence-corrected chi connectivity index (χ3v) is 7.38. The van der Waals surface area contributed by atoms with Crippen molar-refractivity contribution >= 4 is 51.8 Å². The summed E-state index contributed by atoms with van der Waals surface area (Å²) in [5.41, 5.74) is 3.94. The molecular formula is C28H21Cl3N4O3. The quantitative estimate of drug-likeness (QED) is 0.271. The number of hydrogen-bond acceptors (Lipinski definition) is 5. The minimum Gasteiger partial charge on any atom is -0.438 e. The molecule has 4 aromatic rings. The Morgan fingerprint density at radius 3 is 2.53 bits per heavy atom. The number of amides is 1. The summed E-state index contributed by atoms with van der Waals surface area (Å²) < 4.78 is 11.6. The summed E-state index contributed by atoms with van der Waals surface area (Å²) in [6.45, 7) is 0.485. The van der Waals surface area contributed by atoms with Gasteiger partial charge in [0.1, 0.15) is 17.6 Å². The molecule has 192 valence electrons. The number of benzene rings is 2. The molecule has 38 heavy (non-hydrogen) atoms. The molecule has 1 amide bonds. The van der Waals surface area contributed by atoms with E-state index in [-0.39, 0.29) is 5.15 Å². The number of hydrogen-bond donors (Lipinski definition) is 1. The number of aromatic nitrogens is 3. The smallest absolute Gasteiger partial charge is 0.415 e. The Hall–Kier alpha value is -3.52. The highest BCUT2D eigenvalue weighted by Crippen LogP contribution is 2.40. The Morgan fingerprint density at radius 2 is 1.79 bits per heavy atom. The van der Waals surface area contributed by atoms with Crippen molar-refractivity contribution in [3.8, 4) is 11.6 Å². The minimum absolute atomic E-state index is 0.288. The molecule has 0 unspecified atom stereocenters. The Bertz CT molecular complexity index is 1580. The molecule has 3 heterocycles. The molecule has 7 nitrogen and oxygen atoms in total. The molecule has 2 aliphatic rings. The van der Waals surface area contributed by atoms with Gasteiger partial charge in [-0.25, -0.2) is 4.79 Å². The molecular weight excluding hydrogens is 547 g/mol. The van der Waals surface area contributed by atoms with Crippen molar-refractivity contribution in [2.75, 3.05) is 6.54 Å². The zero-order valence-corrected chi connectivity index (χ0v) is 22.2. The van der Waals surface area contributed by atoms with Gasteiger partial charge in [0, 0.05) is 45.7 Å². The van der Waals surface area contributed by atoms with Crippen LogP contribution in [0.2, 0.25) is 10.2 Å². The van der Waals surface area contributed by atoms with E-state index in [0.717, 1.165) is 32.8 Å². The third kappa shape index (κ3) is 4.97. The number of nitrogens with one attached hydrogen (secondary N) is 1. The number of carbonyl (C=O) groups excluding carboxylic acids is 1. The van der Waals surface area contributed by atoms with Gasteiger partial charge in [-0.2, -0.15) is 0 Å². The first-order chi connectivity index (χ1) is 18.4. The molecule has 1 N–H and O–H groups in total. The van der Waals surface area contributed by atoms with Crippen molar-refractivity contribution in [2.24, 2.45) is 0 Å². The third-order valence-electron chi connectivity index (χ3n) is 6.63. The first-order valence-electron chi connectivity index (χ1n) is 12.1. The molecule has 6 rings (SSSR count). The lowest BCUT2D eigenvalue weighted by Crippen LogP contribution is -2.40. The van der Waals surface area contributed by atoms with Gasteiger partial charge in [0.15, 0.2) is 5.15 Å². The zero-order chi connectivity index (χ0) is 26.2. The molecule has 10 heteroatoms. The number of nitrogens with zero attached hydrogens (tertiary/aromatic N) is 3. The van der Waals surface area contributed by atoms with Gasteiger partial charge in [0.2, 0.25) is 5.88 Å². The van der Waals surface area contributed by atoms with Crippen LogP contribution in [0.5, 0.6) is 11.6 Å². The summed E-state index contributed by atoms with van der Waals surface area (Å²) in [4.78, 5) is 18.8. The molecule has 0 bridgehead atoms. The number of carbonyl (C=O) groups is 1. The predicted molar refractivity (Wildman–Crippen MR) is 147 cm³/mol. The van der Waals surface area contributed by atoms with Crippen LogP contribution in [-0.4, -0.2) is 32.7 Å². The number of halogens is 3. The topological polar surface area (TPSA) is 80.3 Å². The van der Waals surface area contributed by atoms with Gasteiger partial charge in [-0.3, -0.25) is 4.90 Å². The number of H-pyrrole nitrogens is 1. The number of aromatic amines is 1. The molecule has 1 aliphatic heterocycles. The van der Waals surface area contributed by atoms with E-state index >= 15 is 0 Å². The first-order valence-corrected chi connectivity index (χ1v) is 13.2. The second kappa shape index (κ2) is 10.3. The van der Waals surface area contributed by atoms with Crippen LogP contribution in [0.1, 0.15) is 35.7 Å². The van der Waals surface area contributed by atoms with Crippen molar-refractivity contribution in [3.05, 3.63) is 105 Å². The van der Waals surface area contributed by atoms with Crippen LogP contribution in [0.4, 0.5) is 4.79 Å². The molecule has 0 spiro atoms. The fourth-order valence-corrected chi connectivity index (χ4v) is 5.28. The van der Waals surface area contributed by atoms with E-state index in [4.69, 9.17) is 44.3 Å². The Balaban J connectivity index is 1.35. The molecule has 1 atom stereocenters. The van der Waals surface area contributed by atoms with E-state index < -0.39 is 12.1 Å². The minimum atomic E-state index is -0.410. The summed E-state index contributed by atoms with van der Waals surface area (Å²) in [5.74, 6) is 1.50. The monoisotopic (exact) mass is 566 g/mol.